The van der Waals surface area contributed by atoms with Crippen LogP contribution in [0.4, 0.5) is 0 Å². The minimum Gasteiger partial charge on any atom is -0.392 e. The van der Waals surface area contributed by atoms with E-state index in [9.17, 15) is 5.11 Å². The second-order valence-electron chi connectivity index (χ2n) is 4.56. The number of likely N-dealkylation sites (tertiary alicyclic amines) is 1. The molecule has 2 rings (SSSR count). The molecule has 2 aliphatic rings. The van der Waals surface area contributed by atoms with Crippen molar-refractivity contribution in [2.75, 3.05) is 33.2 Å². The van der Waals surface area contributed by atoms with Crippen molar-refractivity contribution >= 4 is 0 Å². The monoisotopic (exact) mass is 184 g/mol. The van der Waals surface area contributed by atoms with Crippen molar-refractivity contribution in [1.29, 1.82) is 0 Å². The van der Waals surface area contributed by atoms with E-state index in [1.165, 1.54) is 0 Å². The van der Waals surface area contributed by atoms with E-state index >= 15 is 0 Å². The van der Waals surface area contributed by atoms with Crippen LogP contribution in [-0.2, 0) is 0 Å². The van der Waals surface area contributed by atoms with Gasteiger partial charge in [0.05, 0.1) is 6.10 Å². The zero-order valence-electron chi connectivity index (χ0n) is 8.37. The predicted octanol–water partition coefficient (Wildman–Crippen LogP) is -0.0915. The molecule has 2 fully saturated rings. The summed E-state index contributed by atoms with van der Waals surface area (Å²) < 4.78 is 0. The van der Waals surface area contributed by atoms with Gasteiger partial charge >= 0.3 is 0 Å². The minimum absolute atomic E-state index is 0.0432. The molecule has 0 aromatic carbocycles. The normalized spacial score (nSPS) is 30.0. The van der Waals surface area contributed by atoms with Crippen LogP contribution in [0.1, 0.15) is 12.8 Å². The third-order valence-corrected chi connectivity index (χ3v) is 3.44. The Hall–Kier alpha value is -0.120. The lowest BCUT2D eigenvalue weighted by Gasteiger charge is -2.42. The van der Waals surface area contributed by atoms with E-state index in [-0.39, 0.29) is 6.10 Å². The minimum atomic E-state index is -0.0432. The maximum atomic E-state index is 10.1. The van der Waals surface area contributed by atoms with Gasteiger partial charge in [0.1, 0.15) is 0 Å². The summed E-state index contributed by atoms with van der Waals surface area (Å²) in [5, 5.41) is 13.4. The molecule has 0 aliphatic carbocycles. The number of aliphatic hydroxyl groups excluding tert-OH is 1. The summed E-state index contributed by atoms with van der Waals surface area (Å²) in [6, 6.07) is 0. The van der Waals surface area contributed by atoms with Crippen LogP contribution in [-0.4, -0.2) is 49.3 Å². The van der Waals surface area contributed by atoms with Crippen LogP contribution in [0.5, 0.6) is 0 Å². The number of aliphatic hydroxyl groups is 1. The van der Waals surface area contributed by atoms with Gasteiger partial charge in [-0.3, -0.25) is 0 Å². The van der Waals surface area contributed by atoms with Gasteiger partial charge in [0.2, 0.25) is 0 Å². The molecule has 2 N–H and O–H groups in total. The number of nitrogens with one attached hydrogen (secondary N) is 1. The largest absolute Gasteiger partial charge is 0.392 e. The zero-order chi connectivity index (χ0) is 9.26. The van der Waals surface area contributed by atoms with E-state index in [4.69, 9.17) is 0 Å². The summed E-state index contributed by atoms with van der Waals surface area (Å²) in [5.74, 6) is 1.10. The van der Waals surface area contributed by atoms with Crippen molar-refractivity contribution in [3.63, 3.8) is 0 Å². The van der Waals surface area contributed by atoms with Gasteiger partial charge in [-0.1, -0.05) is 0 Å². The van der Waals surface area contributed by atoms with Crippen LogP contribution in [0.2, 0.25) is 0 Å². The van der Waals surface area contributed by atoms with E-state index in [0.717, 1.165) is 39.0 Å². The van der Waals surface area contributed by atoms with E-state index in [1.54, 1.807) is 0 Å². The number of hydrogen-bond acceptors (Lipinski definition) is 3. The van der Waals surface area contributed by atoms with Crippen LogP contribution in [0.15, 0.2) is 0 Å². The molecule has 3 nitrogen and oxygen atoms in total. The Morgan fingerprint density at radius 3 is 2.38 bits per heavy atom. The fraction of sp³-hybridized carbons (Fsp3) is 1.00. The van der Waals surface area contributed by atoms with Gasteiger partial charge in [-0.15, -0.1) is 0 Å². The van der Waals surface area contributed by atoms with Crippen molar-refractivity contribution in [3.8, 4) is 0 Å². The Bertz CT molecular complexity index is 162. The van der Waals surface area contributed by atoms with Gasteiger partial charge in [-0.25, -0.2) is 0 Å². The lowest BCUT2D eigenvalue weighted by molar-refractivity contribution is -0.0306. The third kappa shape index (κ3) is 2.03. The smallest absolute Gasteiger partial charge is 0.0621 e. The Morgan fingerprint density at radius 1 is 1.23 bits per heavy atom. The van der Waals surface area contributed by atoms with Gasteiger partial charge in [0, 0.05) is 19.0 Å². The SMILES string of the molecule is CN1CC(C(O)C2CCNCC2)C1. The molecule has 0 radical (unpaired) electrons. The highest BCUT2D eigenvalue weighted by molar-refractivity contribution is 4.88. The summed E-state index contributed by atoms with van der Waals surface area (Å²) in [7, 11) is 2.12. The molecular formula is C10H20N2O. The quantitative estimate of drug-likeness (QED) is 0.629. The molecule has 0 bridgehead atoms. The summed E-state index contributed by atoms with van der Waals surface area (Å²) >= 11 is 0. The molecule has 1 unspecified atom stereocenters. The summed E-state index contributed by atoms with van der Waals surface area (Å²) in [6.45, 7) is 4.35. The molecule has 1 atom stereocenters. The lowest BCUT2D eigenvalue weighted by atomic mass is 9.81. The second-order valence-corrected chi connectivity index (χ2v) is 4.56. The molecule has 0 amide bonds. The fourth-order valence-corrected chi connectivity index (χ4v) is 2.53. The average Bonchev–Trinajstić information content (AvgIpc) is 2.13. The zero-order valence-corrected chi connectivity index (χ0v) is 8.37. The molecule has 3 heteroatoms. The van der Waals surface area contributed by atoms with Gasteiger partial charge in [-0.2, -0.15) is 0 Å². The Labute approximate surface area is 80.1 Å². The molecule has 2 aliphatic heterocycles. The van der Waals surface area contributed by atoms with E-state index in [1.807, 2.05) is 0 Å². The number of piperidine rings is 1. The highest BCUT2D eigenvalue weighted by atomic mass is 16.3. The highest BCUT2D eigenvalue weighted by Crippen LogP contribution is 2.27. The predicted molar refractivity (Wildman–Crippen MR) is 52.6 cm³/mol. The topological polar surface area (TPSA) is 35.5 Å². The number of hydrogen-bond donors (Lipinski definition) is 2. The molecule has 13 heavy (non-hydrogen) atoms. The first-order chi connectivity index (χ1) is 6.27. The van der Waals surface area contributed by atoms with E-state index < -0.39 is 0 Å². The molecule has 0 saturated carbocycles. The number of rotatable bonds is 2. The molecule has 0 aromatic rings. The highest BCUT2D eigenvalue weighted by Gasteiger charge is 2.34. The molecule has 0 spiro atoms. The van der Waals surface area contributed by atoms with Gasteiger partial charge in [0.25, 0.3) is 0 Å². The van der Waals surface area contributed by atoms with Crippen molar-refractivity contribution < 1.29 is 5.11 Å². The van der Waals surface area contributed by atoms with Gasteiger partial charge in [-0.05, 0) is 38.9 Å². The third-order valence-electron chi connectivity index (χ3n) is 3.44. The van der Waals surface area contributed by atoms with Gasteiger partial charge in [0.15, 0.2) is 0 Å². The van der Waals surface area contributed by atoms with Crippen molar-refractivity contribution in [2.24, 2.45) is 11.8 Å². The van der Waals surface area contributed by atoms with Crippen LogP contribution in [0, 0.1) is 11.8 Å². The second kappa shape index (κ2) is 3.95. The first-order valence-electron chi connectivity index (χ1n) is 5.34. The molecular weight excluding hydrogens is 164 g/mol. The molecule has 0 aromatic heterocycles. The average molecular weight is 184 g/mol. The lowest BCUT2D eigenvalue weighted by Crippen LogP contribution is -2.52. The fourth-order valence-electron chi connectivity index (χ4n) is 2.53. The Morgan fingerprint density at radius 2 is 1.85 bits per heavy atom. The van der Waals surface area contributed by atoms with E-state index in [2.05, 4.69) is 17.3 Å². The van der Waals surface area contributed by atoms with Crippen LogP contribution in [0.3, 0.4) is 0 Å². The van der Waals surface area contributed by atoms with E-state index in [0.29, 0.717) is 11.8 Å². The maximum Gasteiger partial charge on any atom is 0.0621 e. The summed E-state index contributed by atoms with van der Waals surface area (Å²) in [6.07, 6.45) is 2.27. The van der Waals surface area contributed by atoms with Crippen LogP contribution in [0.25, 0.3) is 0 Å². The maximum absolute atomic E-state index is 10.1. The van der Waals surface area contributed by atoms with Crippen molar-refractivity contribution in [1.82, 2.24) is 10.2 Å². The Balaban J connectivity index is 1.78. The molecule has 2 saturated heterocycles. The van der Waals surface area contributed by atoms with Crippen LogP contribution < -0.4 is 5.32 Å². The first kappa shape index (κ1) is 9.44. The summed E-state index contributed by atoms with van der Waals surface area (Å²) in [5.41, 5.74) is 0. The number of nitrogens with zero attached hydrogens (tertiary/aromatic N) is 1. The standard InChI is InChI=1S/C10H20N2O/c1-12-6-9(7-12)10(13)8-2-4-11-5-3-8/h8-11,13H,2-7H2,1H3. The Kier molecular flexibility index (Phi) is 2.86. The van der Waals surface area contributed by atoms with Crippen molar-refractivity contribution in [3.05, 3.63) is 0 Å². The first-order valence-corrected chi connectivity index (χ1v) is 5.34. The van der Waals surface area contributed by atoms with Crippen LogP contribution >= 0.6 is 0 Å². The molecule has 76 valence electrons. The van der Waals surface area contributed by atoms with Gasteiger partial charge < -0.3 is 15.3 Å². The molecule has 2 heterocycles. The summed E-state index contributed by atoms with van der Waals surface area (Å²) in [4.78, 5) is 2.27. The van der Waals surface area contributed by atoms with Crippen molar-refractivity contribution in [2.45, 2.75) is 18.9 Å².